The summed E-state index contributed by atoms with van der Waals surface area (Å²) in [5, 5.41) is 0. The van der Waals surface area contributed by atoms with Crippen molar-refractivity contribution in [2.45, 2.75) is 33.6 Å². The molecule has 0 fully saturated rings. The molecule has 0 spiro atoms. The molecule has 0 aliphatic rings. The Morgan fingerprint density at radius 2 is 1.62 bits per heavy atom. The average Bonchev–Trinajstić information content (AvgIpc) is 2.17. The second-order valence-electron chi connectivity index (χ2n) is 2.92. The summed E-state index contributed by atoms with van der Waals surface area (Å²) in [6.07, 6.45) is 1.84. The predicted molar refractivity (Wildman–Crippen MR) is 52.1 cm³/mol. The third-order valence-electron chi connectivity index (χ3n) is 2.04. The SMILES string of the molecule is CCc1nc(C)c(OC)nc1CC. The van der Waals surface area contributed by atoms with Crippen LogP contribution in [0.5, 0.6) is 5.88 Å². The normalized spacial score (nSPS) is 10.2. The molecule has 0 saturated carbocycles. The van der Waals surface area contributed by atoms with Gasteiger partial charge in [-0.3, -0.25) is 4.98 Å². The average molecular weight is 180 g/mol. The van der Waals surface area contributed by atoms with E-state index in [0.717, 1.165) is 29.9 Å². The fourth-order valence-corrected chi connectivity index (χ4v) is 1.34. The van der Waals surface area contributed by atoms with Gasteiger partial charge >= 0.3 is 0 Å². The van der Waals surface area contributed by atoms with E-state index in [1.165, 1.54) is 0 Å². The molecule has 3 nitrogen and oxygen atoms in total. The fourth-order valence-electron chi connectivity index (χ4n) is 1.34. The lowest BCUT2D eigenvalue weighted by Crippen LogP contribution is -2.04. The van der Waals surface area contributed by atoms with Gasteiger partial charge in [-0.05, 0) is 19.8 Å². The summed E-state index contributed by atoms with van der Waals surface area (Å²) >= 11 is 0. The van der Waals surface area contributed by atoms with Crippen molar-refractivity contribution in [3.8, 4) is 5.88 Å². The maximum Gasteiger partial charge on any atom is 0.235 e. The van der Waals surface area contributed by atoms with E-state index in [2.05, 4.69) is 23.8 Å². The van der Waals surface area contributed by atoms with E-state index in [1.807, 2.05) is 6.92 Å². The van der Waals surface area contributed by atoms with Crippen molar-refractivity contribution >= 4 is 0 Å². The summed E-state index contributed by atoms with van der Waals surface area (Å²) in [5.41, 5.74) is 3.00. The van der Waals surface area contributed by atoms with Crippen molar-refractivity contribution in [2.24, 2.45) is 0 Å². The van der Waals surface area contributed by atoms with E-state index in [4.69, 9.17) is 4.74 Å². The smallest absolute Gasteiger partial charge is 0.235 e. The number of ether oxygens (including phenoxy) is 1. The monoisotopic (exact) mass is 180 g/mol. The highest BCUT2D eigenvalue weighted by Crippen LogP contribution is 2.15. The fraction of sp³-hybridized carbons (Fsp3) is 0.600. The maximum atomic E-state index is 5.11. The van der Waals surface area contributed by atoms with E-state index < -0.39 is 0 Å². The molecule has 1 aromatic rings. The van der Waals surface area contributed by atoms with Crippen molar-refractivity contribution in [1.82, 2.24) is 9.97 Å². The topological polar surface area (TPSA) is 35.0 Å². The van der Waals surface area contributed by atoms with Gasteiger partial charge in [0.2, 0.25) is 5.88 Å². The summed E-state index contributed by atoms with van der Waals surface area (Å²) in [4.78, 5) is 8.84. The molecule has 0 N–H and O–H groups in total. The highest BCUT2D eigenvalue weighted by atomic mass is 16.5. The number of hydrogen-bond donors (Lipinski definition) is 0. The number of hydrogen-bond acceptors (Lipinski definition) is 3. The van der Waals surface area contributed by atoms with Crippen LogP contribution in [-0.2, 0) is 12.8 Å². The van der Waals surface area contributed by atoms with Crippen LogP contribution in [0, 0.1) is 6.92 Å². The van der Waals surface area contributed by atoms with Crippen LogP contribution in [0.4, 0.5) is 0 Å². The summed E-state index contributed by atoms with van der Waals surface area (Å²) in [5.74, 6) is 0.647. The first-order valence-electron chi connectivity index (χ1n) is 4.63. The molecule has 0 unspecified atom stereocenters. The molecule has 0 aliphatic carbocycles. The van der Waals surface area contributed by atoms with Crippen molar-refractivity contribution < 1.29 is 4.74 Å². The predicted octanol–water partition coefficient (Wildman–Crippen LogP) is 1.92. The van der Waals surface area contributed by atoms with Gasteiger partial charge in [0.05, 0.1) is 24.2 Å². The Morgan fingerprint density at radius 3 is 2.08 bits per heavy atom. The third-order valence-corrected chi connectivity index (χ3v) is 2.04. The Morgan fingerprint density at radius 1 is 1.08 bits per heavy atom. The molecule has 72 valence electrons. The Balaban J connectivity index is 3.18. The summed E-state index contributed by atoms with van der Waals surface area (Å²) in [7, 11) is 1.63. The number of rotatable bonds is 3. The Labute approximate surface area is 79.2 Å². The second-order valence-corrected chi connectivity index (χ2v) is 2.92. The third kappa shape index (κ3) is 1.97. The Kier molecular flexibility index (Phi) is 3.23. The zero-order chi connectivity index (χ0) is 9.84. The standard InChI is InChI=1S/C10H16N2O/c1-5-8-9(6-2)12-10(13-4)7(3)11-8/h5-6H2,1-4H3. The van der Waals surface area contributed by atoms with Crippen molar-refractivity contribution in [2.75, 3.05) is 7.11 Å². The van der Waals surface area contributed by atoms with Gasteiger partial charge in [-0.25, -0.2) is 4.98 Å². The molecule has 0 radical (unpaired) electrons. The molecule has 0 atom stereocenters. The lowest BCUT2D eigenvalue weighted by Gasteiger charge is -2.08. The summed E-state index contributed by atoms with van der Waals surface area (Å²) in [6, 6.07) is 0. The van der Waals surface area contributed by atoms with Crippen LogP contribution < -0.4 is 4.74 Å². The van der Waals surface area contributed by atoms with Crippen LogP contribution in [0.1, 0.15) is 30.9 Å². The van der Waals surface area contributed by atoms with Crippen LogP contribution in [0.15, 0.2) is 0 Å². The molecule has 13 heavy (non-hydrogen) atoms. The molecule has 1 rings (SSSR count). The largest absolute Gasteiger partial charge is 0.480 e. The maximum absolute atomic E-state index is 5.11. The van der Waals surface area contributed by atoms with Gasteiger partial charge in [-0.15, -0.1) is 0 Å². The number of aromatic nitrogens is 2. The number of aryl methyl sites for hydroxylation is 3. The van der Waals surface area contributed by atoms with Crippen molar-refractivity contribution in [1.29, 1.82) is 0 Å². The van der Waals surface area contributed by atoms with E-state index in [9.17, 15) is 0 Å². The first kappa shape index (κ1) is 9.96. The summed E-state index contributed by atoms with van der Waals surface area (Å²) < 4.78 is 5.11. The molecule has 0 aromatic carbocycles. The second kappa shape index (κ2) is 4.21. The van der Waals surface area contributed by atoms with Gasteiger partial charge in [0, 0.05) is 0 Å². The molecule has 0 aliphatic heterocycles. The number of nitrogens with zero attached hydrogens (tertiary/aromatic N) is 2. The minimum absolute atomic E-state index is 0.647. The van der Waals surface area contributed by atoms with E-state index >= 15 is 0 Å². The molecular formula is C10H16N2O. The molecule has 0 saturated heterocycles. The van der Waals surface area contributed by atoms with Crippen molar-refractivity contribution in [3.63, 3.8) is 0 Å². The molecule has 1 heterocycles. The van der Waals surface area contributed by atoms with Gasteiger partial charge in [0.25, 0.3) is 0 Å². The Hall–Kier alpha value is -1.12. The van der Waals surface area contributed by atoms with E-state index in [-0.39, 0.29) is 0 Å². The van der Waals surface area contributed by atoms with Gasteiger partial charge in [0.15, 0.2) is 0 Å². The highest BCUT2D eigenvalue weighted by molar-refractivity contribution is 5.24. The lowest BCUT2D eigenvalue weighted by atomic mass is 10.2. The van der Waals surface area contributed by atoms with E-state index in [1.54, 1.807) is 7.11 Å². The first-order valence-corrected chi connectivity index (χ1v) is 4.63. The molecule has 0 amide bonds. The van der Waals surface area contributed by atoms with Crippen LogP contribution in [0.2, 0.25) is 0 Å². The quantitative estimate of drug-likeness (QED) is 0.712. The molecular weight excluding hydrogens is 164 g/mol. The number of methoxy groups -OCH3 is 1. The minimum atomic E-state index is 0.647. The van der Waals surface area contributed by atoms with Gasteiger partial charge < -0.3 is 4.74 Å². The zero-order valence-corrected chi connectivity index (χ0v) is 8.72. The molecule has 3 heteroatoms. The molecule has 1 aromatic heterocycles. The van der Waals surface area contributed by atoms with Crippen molar-refractivity contribution in [3.05, 3.63) is 17.1 Å². The van der Waals surface area contributed by atoms with E-state index in [0.29, 0.717) is 5.88 Å². The van der Waals surface area contributed by atoms with Crippen LogP contribution in [-0.4, -0.2) is 17.1 Å². The van der Waals surface area contributed by atoms with Crippen LogP contribution in [0.25, 0.3) is 0 Å². The van der Waals surface area contributed by atoms with Crippen LogP contribution in [0.3, 0.4) is 0 Å². The lowest BCUT2D eigenvalue weighted by molar-refractivity contribution is 0.389. The first-order chi connectivity index (χ1) is 6.22. The van der Waals surface area contributed by atoms with Gasteiger partial charge in [-0.1, -0.05) is 13.8 Å². The molecule has 0 bridgehead atoms. The highest BCUT2D eigenvalue weighted by Gasteiger charge is 2.07. The van der Waals surface area contributed by atoms with Crippen LogP contribution >= 0.6 is 0 Å². The summed E-state index contributed by atoms with van der Waals surface area (Å²) in [6.45, 7) is 6.09. The zero-order valence-electron chi connectivity index (χ0n) is 8.72. The minimum Gasteiger partial charge on any atom is -0.480 e. The van der Waals surface area contributed by atoms with Gasteiger partial charge in [-0.2, -0.15) is 0 Å². The Bertz CT molecular complexity index is 297. The van der Waals surface area contributed by atoms with Gasteiger partial charge in [0.1, 0.15) is 0 Å².